The number of nitrogens with zero attached hydrogens (tertiary/aromatic N) is 4. The van der Waals surface area contributed by atoms with Gasteiger partial charge in [-0.25, -0.2) is 19.9 Å². The third-order valence-electron chi connectivity index (χ3n) is 16.4. The molecule has 0 unspecified atom stereocenters. The van der Waals surface area contributed by atoms with Crippen LogP contribution in [-0.2, 0) is 0 Å². The van der Waals surface area contributed by atoms with Crippen molar-refractivity contribution in [1.29, 1.82) is 0 Å². The summed E-state index contributed by atoms with van der Waals surface area (Å²) in [5, 5.41) is 0. The summed E-state index contributed by atoms with van der Waals surface area (Å²) in [4.78, 5) is 51.3. The van der Waals surface area contributed by atoms with E-state index in [1.165, 1.54) is 19.0 Å². The summed E-state index contributed by atoms with van der Waals surface area (Å²) in [6.07, 6.45) is 0. The molecule has 0 bridgehead atoms. The SMILES string of the molecule is CC(C)[Si](c1nc(Br)c(-c2sc([Si](C(C)C)(C(C)C)C(C)C)nc2Br)s1)(C(C)C)C(C)C.CC(C)[Si](c1nc2c(s1)-c1sc([Si](C(C)C)(C(C)C)C(C)C)nc1C(=O)C2=O)(C(C)C)C(C)C. The first-order valence-corrected chi connectivity index (χ1v) is 38.6. The van der Waals surface area contributed by atoms with Crippen molar-refractivity contribution >= 4 is 140 Å². The lowest BCUT2D eigenvalue weighted by atomic mass is 10.0. The first kappa shape index (κ1) is 58.3. The number of rotatable bonds is 17. The van der Waals surface area contributed by atoms with Gasteiger partial charge >= 0.3 is 0 Å². The third kappa shape index (κ3) is 9.34. The summed E-state index contributed by atoms with van der Waals surface area (Å²) >= 11 is 15.0. The standard InChI is InChI=1S/C26H42N2O2S2Si2.C24H42Br2N2S2Si2/c1-13(2)33(14(3)4,15(5)6)25-27-19-21(29)22(30)20-24(23(19)31-25)32-26(28-20)34(16(7)8,17(9)10)18(11)12;1-13(2)31(14(3)4,15(5)6)23-27-21(25)19(29-23)20-22(26)28-24(30-20)32(16(7)8,17(9)10)18(11)12/h13-18H,1-12H3;13-18H,1-12H3. The molecule has 0 N–H and O–H groups in total. The molecule has 4 heterocycles. The molecule has 0 spiro atoms. The van der Waals surface area contributed by atoms with Crippen molar-refractivity contribution in [3.05, 3.63) is 20.6 Å². The molecule has 1 aliphatic carbocycles. The number of ketones is 2. The molecule has 4 aromatic rings. The highest BCUT2D eigenvalue weighted by atomic mass is 79.9. The summed E-state index contributed by atoms with van der Waals surface area (Å²) < 4.78 is 7.03. The number of Topliss-reactive ketones (excluding diaryl/α,β-unsaturated/α-hetero) is 2. The number of halogens is 2. The maximum atomic E-state index is 13.3. The topological polar surface area (TPSA) is 85.7 Å². The summed E-state index contributed by atoms with van der Waals surface area (Å²) in [6, 6.07) is 0. The van der Waals surface area contributed by atoms with Gasteiger partial charge in [0.05, 0.1) is 38.0 Å². The molecule has 370 valence electrons. The van der Waals surface area contributed by atoms with Gasteiger partial charge in [0.15, 0.2) is 0 Å². The Hall–Kier alpha value is -0.312. The van der Waals surface area contributed by atoms with Crippen molar-refractivity contribution in [1.82, 2.24) is 19.9 Å². The number of carbonyl (C=O) groups excluding carboxylic acids is 2. The monoisotopic (exact) mass is 1170 g/mol. The zero-order chi connectivity index (χ0) is 50.7. The van der Waals surface area contributed by atoms with Gasteiger partial charge in [0, 0.05) is 0 Å². The highest BCUT2D eigenvalue weighted by molar-refractivity contribution is 9.11. The Morgan fingerprint density at radius 3 is 0.652 bits per heavy atom. The lowest BCUT2D eigenvalue weighted by molar-refractivity contribution is 0.0810. The van der Waals surface area contributed by atoms with E-state index in [0.29, 0.717) is 77.9 Å². The zero-order valence-corrected chi connectivity index (χ0v) is 55.4. The molecule has 5 rings (SSSR count). The van der Waals surface area contributed by atoms with Crippen LogP contribution in [0.2, 0.25) is 66.5 Å². The van der Waals surface area contributed by atoms with Crippen molar-refractivity contribution in [3.63, 3.8) is 0 Å². The van der Waals surface area contributed by atoms with Gasteiger partial charge in [-0.2, -0.15) is 0 Å². The molecule has 0 aromatic carbocycles. The van der Waals surface area contributed by atoms with E-state index in [-0.39, 0.29) is 0 Å². The van der Waals surface area contributed by atoms with E-state index in [1.54, 1.807) is 22.7 Å². The van der Waals surface area contributed by atoms with Crippen LogP contribution in [0.15, 0.2) is 9.21 Å². The molecular formula is C50H84Br2N4O2S4Si4. The van der Waals surface area contributed by atoms with Crippen LogP contribution in [0, 0.1) is 0 Å². The molecule has 66 heavy (non-hydrogen) atoms. The maximum absolute atomic E-state index is 13.3. The van der Waals surface area contributed by atoms with E-state index in [1.807, 2.05) is 22.7 Å². The average molecular weight is 1170 g/mol. The fourth-order valence-corrected chi connectivity index (χ4v) is 55.1. The Morgan fingerprint density at radius 2 is 0.470 bits per heavy atom. The third-order valence-corrected chi connectivity index (χ3v) is 53.7. The van der Waals surface area contributed by atoms with Crippen LogP contribution >= 0.6 is 77.2 Å². The van der Waals surface area contributed by atoms with Gasteiger partial charge in [-0.1, -0.05) is 166 Å². The van der Waals surface area contributed by atoms with Gasteiger partial charge in [0.1, 0.15) is 52.9 Å². The van der Waals surface area contributed by atoms with Crippen LogP contribution < -0.4 is 18.5 Å². The molecule has 0 aliphatic heterocycles. The minimum atomic E-state index is -2.04. The summed E-state index contributed by atoms with van der Waals surface area (Å²) in [5.41, 5.74) is 7.62. The van der Waals surface area contributed by atoms with E-state index in [0.717, 1.165) is 28.2 Å². The molecular weight excluding hydrogens is 1090 g/mol. The van der Waals surface area contributed by atoms with Gasteiger partial charge in [-0.15, -0.1) is 45.3 Å². The van der Waals surface area contributed by atoms with Gasteiger partial charge in [-0.3, -0.25) is 9.59 Å². The van der Waals surface area contributed by atoms with Gasteiger partial charge in [0.25, 0.3) is 11.6 Å². The molecule has 6 nitrogen and oxygen atoms in total. The Kier molecular flexibility index (Phi) is 19.3. The number of fused-ring (bicyclic) bond motifs is 3. The number of carbonyl (C=O) groups is 2. The van der Waals surface area contributed by atoms with E-state index >= 15 is 0 Å². The molecule has 4 aromatic heterocycles. The molecule has 0 amide bonds. The predicted molar refractivity (Wildman–Crippen MR) is 313 cm³/mol. The van der Waals surface area contributed by atoms with E-state index in [4.69, 9.17) is 19.9 Å². The molecule has 0 fully saturated rings. The van der Waals surface area contributed by atoms with E-state index in [2.05, 4.69) is 198 Å². The molecule has 1 aliphatic rings. The van der Waals surface area contributed by atoms with Gasteiger partial charge < -0.3 is 0 Å². The van der Waals surface area contributed by atoms with Gasteiger partial charge in [0.2, 0.25) is 0 Å². The minimum Gasteiger partial charge on any atom is -0.283 e. The molecule has 0 radical (unpaired) electrons. The molecule has 0 saturated carbocycles. The van der Waals surface area contributed by atoms with Crippen LogP contribution in [0.1, 0.15) is 187 Å². The van der Waals surface area contributed by atoms with Crippen molar-refractivity contribution in [2.24, 2.45) is 0 Å². The van der Waals surface area contributed by atoms with E-state index < -0.39 is 43.9 Å². The van der Waals surface area contributed by atoms with Crippen LogP contribution in [0.25, 0.3) is 19.5 Å². The largest absolute Gasteiger partial charge is 0.283 e. The number of hydrogen-bond acceptors (Lipinski definition) is 10. The van der Waals surface area contributed by atoms with Crippen LogP contribution in [0.4, 0.5) is 0 Å². The first-order valence-electron chi connectivity index (χ1n) is 24.8. The second-order valence-electron chi connectivity index (χ2n) is 22.9. The van der Waals surface area contributed by atoms with Crippen molar-refractivity contribution in [2.75, 3.05) is 0 Å². The second-order valence-corrected chi connectivity index (χ2v) is 53.1. The predicted octanol–water partition coefficient (Wildman–Crippen LogP) is 17.0. The molecule has 0 saturated heterocycles. The highest BCUT2D eigenvalue weighted by Crippen LogP contribution is 2.50. The molecule has 16 heteroatoms. The lowest BCUT2D eigenvalue weighted by Gasteiger charge is -2.41. The zero-order valence-electron chi connectivity index (χ0n) is 44.9. The normalized spacial score (nSPS) is 14.4. The van der Waals surface area contributed by atoms with Gasteiger partial charge in [-0.05, 0) is 98.4 Å². The quantitative estimate of drug-likeness (QED) is 0.0773. The average Bonchev–Trinajstić information content (AvgIpc) is 3.96. The van der Waals surface area contributed by atoms with Crippen LogP contribution in [0.3, 0.4) is 0 Å². The summed E-state index contributed by atoms with van der Waals surface area (Å²) in [7, 11) is -7.66. The Balaban J connectivity index is 0.000000289. The van der Waals surface area contributed by atoms with Crippen LogP contribution in [-0.4, -0.2) is 63.8 Å². The van der Waals surface area contributed by atoms with Crippen molar-refractivity contribution in [3.8, 4) is 19.5 Å². The summed E-state index contributed by atoms with van der Waals surface area (Å²) in [5.74, 6) is -0.932. The second kappa shape index (κ2) is 21.8. The number of hydrogen-bond donors (Lipinski definition) is 0. The Labute approximate surface area is 437 Å². The lowest BCUT2D eigenvalue weighted by Crippen LogP contribution is -2.55. The van der Waals surface area contributed by atoms with Crippen molar-refractivity contribution in [2.45, 2.75) is 233 Å². The number of thiazole rings is 4. The number of aromatic nitrogens is 4. The minimum absolute atomic E-state index is 0.387. The Morgan fingerprint density at radius 1 is 0.303 bits per heavy atom. The smallest absolute Gasteiger partial charge is 0.255 e. The highest BCUT2D eigenvalue weighted by Gasteiger charge is 2.53. The first-order chi connectivity index (χ1) is 30.3. The van der Waals surface area contributed by atoms with E-state index in [9.17, 15) is 9.59 Å². The molecule has 0 atom stereocenters. The van der Waals surface area contributed by atoms with Crippen molar-refractivity contribution < 1.29 is 9.59 Å². The maximum Gasteiger partial charge on any atom is 0.255 e. The fourth-order valence-electron chi connectivity index (χ4n) is 14.1. The van der Waals surface area contributed by atoms with Crippen LogP contribution in [0.5, 0.6) is 0 Å². The Bertz CT molecular complexity index is 2090. The summed E-state index contributed by atoms with van der Waals surface area (Å²) in [6.45, 7) is 56.7. The fraction of sp³-hybridized carbons (Fsp3) is 0.720.